The van der Waals surface area contributed by atoms with Gasteiger partial charge < -0.3 is 10.6 Å². The Labute approximate surface area is 148 Å². The van der Waals surface area contributed by atoms with E-state index in [2.05, 4.69) is 25.8 Å². The molecule has 0 spiro atoms. The van der Waals surface area contributed by atoms with E-state index in [0.717, 1.165) is 28.9 Å². The Morgan fingerprint density at radius 3 is 2.35 bits per heavy atom. The van der Waals surface area contributed by atoms with Gasteiger partial charge in [-0.3, -0.25) is 0 Å². The summed E-state index contributed by atoms with van der Waals surface area (Å²) < 4.78 is 37.8. The summed E-state index contributed by atoms with van der Waals surface area (Å²) in [6.07, 6.45) is -2.90. The van der Waals surface area contributed by atoms with Crippen LogP contribution in [0.3, 0.4) is 0 Å². The zero-order chi connectivity index (χ0) is 18.7. The molecule has 1 aromatic heterocycles. The molecule has 26 heavy (non-hydrogen) atoms. The van der Waals surface area contributed by atoms with Gasteiger partial charge in [-0.05, 0) is 55.3 Å². The minimum Gasteiger partial charge on any atom is -0.339 e. The third-order valence-corrected chi connectivity index (χ3v) is 3.89. The predicted molar refractivity (Wildman–Crippen MR) is 93.8 cm³/mol. The van der Waals surface area contributed by atoms with Crippen molar-refractivity contribution < 1.29 is 13.2 Å². The molecular weight excluding hydrogens is 343 g/mol. The molecule has 0 amide bonds. The van der Waals surface area contributed by atoms with Crippen LogP contribution >= 0.6 is 0 Å². The van der Waals surface area contributed by atoms with Gasteiger partial charge in [0.25, 0.3) is 0 Å². The zero-order valence-electron chi connectivity index (χ0n) is 14.1. The molecule has 2 aromatic carbocycles. The third kappa shape index (κ3) is 4.08. The smallest absolute Gasteiger partial charge is 0.339 e. The number of rotatable bonds is 4. The molecule has 1 heterocycles. The number of alkyl halides is 3. The number of hydrogen-bond acceptors (Lipinski definition) is 5. The maximum atomic E-state index is 12.6. The predicted octanol–water partition coefficient (Wildman–Crippen LogP) is 4.99. The molecule has 0 radical (unpaired) electrons. The van der Waals surface area contributed by atoms with E-state index in [1.54, 1.807) is 0 Å². The van der Waals surface area contributed by atoms with Gasteiger partial charge in [-0.25, -0.2) is 0 Å². The van der Waals surface area contributed by atoms with Gasteiger partial charge in [-0.1, -0.05) is 12.1 Å². The first kappa shape index (κ1) is 17.7. The lowest BCUT2D eigenvalue weighted by Gasteiger charge is -2.11. The summed E-state index contributed by atoms with van der Waals surface area (Å²) >= 11 is 0. The minimum absolute atomic E-state index is 0.181. The number of hydrogen-bond donors (Lipinski definition) is 2. The molecule has 3 aromatic rings. The number of nitrogens with one attached hydrogen (secondary N) is 2. The average Bonchev–Trinajstić information content (AvgIpc) is 2.59. The second kappa shape index (κ2) is 6.99. The van der Waals surface area contributed by atoms with E-state index in [1.807, 2.05) is 32.0 Å². The van der Waals surface area contributed by atoms with E-state index in [1.165, 1.54) is 18.3 Å². The zero-order valence-corrected chi connectivity index (χ0v) is 14.1. The van der Waals surface area contributed by atoms with Crippen LogP contribution < -0.4 is 10.6 Å². The quantitative estimate of drug-likeness (QED) is 0.687. The van der Waals surface area contributed by atoms with Gasteiger partial charge in [0.05, 0.1) is 11.8 Å². The van der Waals surface area contributed by atoms with Crippen LogP contribution in [0.15, 0.2) is 48.7 Å². The molecule has 0 saturated carbocycles. The van der Waals surface area contributed by atoms with Gasteiger partial charge in [-0.2, -0.15) is 23.3 Å². The molecule has 3 rings (SSSR count). The number of anilines is 4. The Bertz CT molecular complexity index is 907. The highest BCUT2D eigenvalue weighted by Gasteiger charge is 2.29. The molecule has 0 bridgehead atoms. The Kier molecular flexibility index (Phi) is 4.75. The molecule has 0 fully saturated rings. The van der Waals surface area contributed by atoms with Gasteiger partial charge in [0, 0.05) is 11.4 Å². The normalized spacial score (nSPS) is 11.3. The summed E-state index contributed by atoms with van der Waals surface area (Å²) in [5.74, 6) is 0.656. The van der Waals surface area contributed by atoms with Crippen LogP contribution in [0.2, 0.25) is 0 Å². The van der Waals surface area contributed by atoms with Crippen LogP contribution in [-0.4, -0.2) is 15.2 Å². The van der Waals surface area contributed by atoms with Gasteiger partial charge in [-0.15, -0.1) is 5.10 Å². The SMILES string of the molecule is Cc1cccc(Nc2cnnc(Nc3ccc(C(F)(F)F)cc3)n2)c1C. The van der Waals surface area contributed by atoms with Crippen molar-refractivity contribution in [2.75, 3.05) is 10.6 Å². The fourth-order valence-electron chi connectivity index (χ4n) is 2.31. The first-order valence-corrected chi connectivity index (χ1v) is 7.80. The maximum Gasteiger partial charge on any atom is 0.416 e. The van der Waals surface area contributed by atoms with Crippen LogP contribution in [0, 0.1) is 13.8 Å². The third-order valence-electron chi connectivity index (χ3n) is 3.89. The molecule has 0 unspecified atom stereocenters. The first-order valence-electron chi connectivity index (χ1n) is 7.80. The van der Waals surface area contributed by atoms with Crippen LogP contribution in [0.5, 0.6) is 0 Å². The summed E-state index contributed by atoms with van der Waals surface area (Å²) in [7, 11) is 0. The summed E-state index contributed by atoms with van der Waals surface area (Å²) in [6.45, 7) is 4.00. The fraction of sp³-hybridized carbons (Fsp3) is 0.167. The molecule has 0 aliphatic rings. The lowest BCUT2D eigenvalue weighted by atomic mass is 10.1. The number of aryl methyl sites for hydroxylation is 1. The fourth-order valence-corrected chi connectivity index (χ4v) is 2.31. The highest BCUT2D eigenvalue weighted by Crippen LogP contribution is 2.30. The van der Waals surface area contributed by atoms with Gasteiger partial charge in [0.15, 0.2) is 5.82 Å². The van der Waals surface area contributed by atoms with Crippen molar-refractivity contribution in [2.45, 2.75) is 20.0 Å². The van der Waals surface area contributed by atoms with Gasteiger partial charge in [0.1, 0.15) is 0 Å². The van der Waals surface area contributed by atoms with Crippen molar-refractivity contribution >= 4 is 23.1 Å². The minimum atomic E-state index is -4.37. The van der Waals surface area contributed by atoms with Crippen molar-refractivity contribution in [1.82, 2.24) is 15.2 Å². The summed E-state index contributed by atoms with van der Waals surface area (Å²) in [5.41, 5.74) is 2.84. The van der Waals surface area contributed by atoms with E-state index < -0.39 is 11.7 Å². The Morgan fingerprint density at radius 1 is 0.923 bits per heavy atom. The number of halogens is 3. The van der Waals surface area contributed by atoms with Crippen LogP contribution in [0.1, 0.15) is 16.7 Å². The maximum absolute atomic E-state index is 12.6. The number of benzene rings is 2. The van der Waals surface area contributed by atoms with Crippen LogP contribution in [0.4, 0.5) is 36.3 Å². The molecule has 0 aliphatic heterocycles. The largest absolute Gasteiger partial charge is 0.416 e. The molecule has 2 N–H and O–H groups in total. The number of aromatic nitrogens is 3. The van der Waals surface area contributed by atoms with Crippen molar-refractivity contribution in [3.8, 4) is 0 Å². The number of nitrogens with zero attached hydrogens (tertiary/aromatic N) is 3. The second-order valence-electron chi connectivity index (χ2n) is 5.74. The Balaban J connectivity index is 1.76. The monoisotopic (exact) mass is 359 g/mol. The van der Waals surface area contributed by atoms with Crippen molar-refractivity contribution in [2.24, 2.45) is 0 Å². The highest BCUT2D eigenvalue weighted by molar-refractivity contribution is 5.62. The second-order valence-corrected chi connectivity index (χ2v) is 5.74. The van der Waals surface area contributed by atoms with E-state index in [4.69, 9.17) is 0 Å². The molecule has 134 valence electrons. The Morgan fingerprint density at radius 2 is 1.65 bits per heavy atom. The van der Waals surface area contributed by atoms with Crippen LogP contribution in [-0.2, 0) is 6.18 Å². The molecule has 0 aliphatic carbocycles. The van der Waals surface area contributed by atoms with E-state index in [9.17, 15) is 13.2 Å². The average molecular weight is 359 g/mol. The Hall–Kier alpha value is -3.16. The molecule has 0 atom stereocenters. The molecular formula is C18H16F3N5. The standard InChI is InChI=1S/C18H16F3N5/c1-11-4-3-5-15(12(11)2)24-16-10-22-26-17(25-16)23-14-8-6-13(7-9-14)18(19,20)21/h3-10H,1-2H3,(H2,23,24,25,26). The summed E-state index contributed by atoms with van der Waals surface area (Å²) in [6, 6.07) is 10.5. The lowest BCUT2D eigenvalue weighted by Crippen LogP contribution is -2.05. The summed E-state index contributed by atoms with van der Waals surface area (Å²) in [5, 5.41) is 13.7. The van der Waals surface area contributed by atoms with Gasteiger partial charge in [0.2, 0.25) is 5.95 Å². The van der Waals surface area contributed by atoms with Crippen molar-refractivity contribution in [3.05, 3.63) is 65.4 Å². The molecule has 5 nitrogen and oxygen atoms in total. The molecule has 8 heteroatoms. The van der Waals surface area contributed by atoms with Gasteiger partial charge >= 0.3 is 6.18 Å². The summed E-state index contributed by atoms with van der Waals surface area (Å²) in [4.78, 5) is 4.29. The topological polar surface area (TPSA) is 62.7 Å². The molecule has 0 saturated heterocycles. The highest BCUT2D eigenvalue weighted by atomic mass is 19.4. The van der Waals surface area contributed by atoms with E-state index >= 15 is 0 Å². The van der Waals surface area contributed by atoms with Crippen molar-refractivity contribution in [3.63, 3.8) is 0 Å². The lowest BCUT2D eigenvalue weighted by molar-refractivity contribution is -0.137. The van der Waals surface area contributed by atoms with E-state index in [0.29, 0.717) is 11.5 Å². The van der Waals surface area contributed by atoms with Crippen molar-refractivity contribution in [1.29, 1.82) is 0 Å². The van der Waals surface area contributed by atoms with E-state index in [-0.39, 0.29) is 5.95 Å². The van der Waals surface area contributed by atoms with Crippen LogP contribution in [0.25, 0.3) is 0 Å². The first-order chi connectivity index (χ1) is 12.3.